The molecule has 0 unspecified atom stereocenters. The predicted octanol–water partition coefficient (Wildman–Crippen LogP) is 2.35. The summed E-state index contributed by atoms with van der Waals surface area (Å²) in [7, 11) is 1.67. The van der Waals surface area contributed by atoms with Gasteiger partial charge in [0, 0.05) is 12.1 Å². The predicted molar refractivity (Wildman–Crippen MR) is 65.6 cm³/mol. The number of hydrogen-bond acceptors (Lipinski definition) is 2. The van der Waals surface area contributed by atoms with Crippen LogP contribution < -0.4 is 0 Å². The number of halogens is 1. The summed E-state index contributed by atoms with van der Waals surface area (Å²) < 4.78 is 0. The SMILES string of the molecule is CN(CC#N)C(=O)C1(c2ccc(Cl)cc2)CC1. The Balaban J connectivity index is 2.23. The average molecular weight is 249 g/mol. The van der Waals surface area contributed by atoms with Gasteiger partial charge in [0.05, 0.1) is 11.5 Å². The van der Waals surface area contributed by atoms with Gasteiger partial charge in [-0.15, -0.1) is 0 Å². The van der Waals surface area contributed by atoms with E-state index in [1.807, 2.05) is 18.2 Å². The van der Waals surface area contributed by atoms with Crippen molar-refractivity contribution in [2.45, 2.75) is 18.3 Å². The summed E-state index contributed by atoms with van der Waals surface area (Å²) in [4.78, 5) is 13.7. The molecule has 2 rings (SSSR count). The Labute approximate surface area is 106 Å². The van der Waals surface area contributed by atoms with Crippen molar-refractivity contribution in [3.05, 3.63) is 34.9 Å². The van der Waals surface area contributed by atoms with Crippen molar-refractivity contribution in [2.24, 2.45) is 0 Å². The van der Waals surface area contributed by atoms with Crippen LogP contribution in [0.3, 0.4) is 0 Å². The molecule has 0 aliphatic heterocycles. The lowest BCUT2D eigenvalue weighted by molar-refractivity contribution is -0.132. The molecule has 3 nitrogen and oxygen atoms in total. The highest BCUT2D eigenvalue weighted by molar-refractivity contribution is 6.30. The van der Waals surface area contributed by atoms with Crippen LogP contribution in [0.5, 0.6) is 0 Å². The molecule has 88 valence electrons. The third kappa shape index (κ3) is 2.13. The van der Waals surface area contributed by atoms with E-state index < -0.39 is 5.41 Å². The van der Waals surface area contributed by atoms with Crippen LogP contribution in [0.4, 0.5) is 0 Å². The zero-order valence-electron chi connectivity index (χ0n) is 9.61. The third-order valence-corrected chi connectivity index (χ3v) is 3.46. The maximum absolute atomic E-state index is 12.2. The number of benzene rings is 1. The summed E-state index contributed by atoms with van der Waals surface area (Å²) in [6, 6.07) is 9.39. The van der Waals surface area contributed by atoms with Crippen molar-refractivity contribution in [1.29, 1.82) is 5.26 Å². The largest absolute Gasteiger partial charge is 0.332 e. The lowest BCUT2D eigenvalue weighted by Crippen LogP contribution is -2.36. The van der Waals surface area contributed by atoms with Gasteiger partial charge in [0.1, 0.15) is 6.54 Å². The van der Waals surface area contributed by atoms with Crippen molar-refractivity contribution in [3.63, 3.8) is 0 Å². The van der Waals surface area contributed by atoms with Gasteiger partial charge in [0.15, 0.2) is 0 Å². The average Bonchev–Trinajstić information content (AvgIpc) is 3.10. The first-order valence-electron chi connectivity index (χ1n) is 5.49. The summed E-state index contributed by atoms with van der Waals surface area (Å²) >= 11 is 5.84. The van der Waals surface area contributed by atoms with E-state index in [-0.39, 0.29) is 12.5 Å². The van der Waals surface area contributed by atoms with Crippen LogP contribution in [0.25, 0.3) is 0 Å². The second-order valence-electron chi connectivity index (χ2n) is 4.41. The molecule has 1 aromatic rings. The minimum absolute atomic E-state index is 0.0290. The second kappa shape index (κ2) is 4.38. The first-order valence-corrected chi connectivity index (χ1v) is 5.86. The highest BCUT2D eigenvalue weighted by Crippen LogP contribution is 2.49. The quantitative estimate of drug-likeness (QED) is 0.771. The number of nitriles is 1. The van der Waals surface area contributed by atoms with E-state index in [9.17, 15) is 4.79 Å². The lowest BCUT2D eigenvalue weighted by Gasteiger charge is -2.21. The second-order valence-corrected chi connectivity index (χ2v) is 4.84. The summed E-state index contributed by atoms with van der Waals surface area (Å²) in [6.45, 7) is 0.133. The van der Waals surface area contributed by atoms with Crippen LogP contribution in [0.2, 0.25) is 5.02 Å². The number of hydrogen-bond donors (Lipinski definition) is 0. The van der Waals surface area contributed by atoms with Gasteiger partial charge in [-0.3, -0.25) is 4.79 Å². The number of nitrogens with zero attached hydrogens (tertiary/aromatic N) is 2. The molecule has 4 heteroatoms. The monoisotopic (exact) mass is 248 g/mol. The number of carbonyl (C=O) groups excluding carboxylic acids is 1. The van der Waals surface area contributed by atoms with E-state index in [0.29, 0.717) is 5.02 Å². The number of carbonyl (C=O) groups is 1. The zero-order valence-corrected chi connectivity index (χ0v) is 10.4. The molecule has 1 amide bonds. The van der Waals surface area contributed by atoms with Gasteiger partial charge < -0.3 is 4.90 Å². The van der Waals surface area contributed by atoms with Crippen molar-refractivity contribution in [1.82, 2.24) is 4.90 Å². The van der Waals surface area contributed by atoms with E-state index in [1.54, 1.807) is 19.2 Å². The molecule has 1 fully saturated rings. The summed E-state index contributed by atoms with van der Waals surface area (Å²) in [5, 5.41) is 9.29. The molecule has 1 aliphatic rings. The van der Waals surface area contributed by atoms with Crippen molar-refractivity contribution >= 4 is 17.5 Å². The molecule has 0 N–H and O–H groups in total. The van der Waals surface area contributed by atoms with Crippen LogP contribution in [-0.4, -0.2) is 24.4 Å². The van der Waals surface area contributed by atoms with Crippen LogP contribution >= 0.6 is 11.6 Å². The highest BCUT2D eigenvalue weighted by Gasteiger charge is 2.52. The molecule has 1 saturated carbocycles. The van der Waals surface area contributed by atoms with E-state index in [1.165, 1.54) is 4.90 Å². The van der Waals surface area contributed by atoms with E-state index in [4.69, 9.17) is 16.9 Å². The summed E-state index contributed by atoms with van der Waals surface area (Å²) in [5.41, 5.74) is 0.590. The highest BCUT2D eigenvalue weighted by atomic mass is 35.5. The van der Waals surface area contributed by atoms with Gasteiger partial charge in [-0.05, 0) is 30.5 Å². The number of amides is 1. The van der Waals surface area contributed by atoms with Gasteiger partial charge in [0.25, 0.3) is 0 Å². The lowest BCUT2D eigenvalue weighted by atomic mass is 9.94. The minimum Gasteiger partial charge on any atom is -0.332 e. The maximum Gasteiger partial charge on any atom is 0.233 e. The van der Waals surface area contributed by atoms with Crippen molar-refractivity contribution in [3.8, 4) is 6.07 Å². The molecular weight excluding hydrogens is 236 g/mol. The van der Waals surface area contributed by atoms with Crippen LogP contribution in [0.15, 0.2) is 24.3 Å². The van der Waals surface area contributed by atoms with Gasteiger partial charge in [0.2, 0.25) is 5.91 Å². The van der Waals surface area contributed by atoms with Crippen LogP contribution in [0.1, 0.15) is 18.4 Å². The molecule has 0 aromatic heterocycles. The third-order valence-electron chi connectivity index (χ3n) is 3.21. The Bertz CT molecular complexity index is 471. The molecule has 0 saturated heterocycles. The molecule has 17 heavy (non-hydrogen) atoms. The van der Waals surface area contributed by atoms with Gasteiger partial charge in [-0.2, -0.15) is 5.26 Å². The van der Waals surface area contributed by atoms with Gasteiger partial charge >= 0.3 is 0 Å². The molecular formula is C13H13ClN2O. The molecule has 0 heterocycles. The van der Waals surface area contributed by atoms with Gasteiger partial charge in [-0.25, -0.2) is 0 Å². The molecule has 0 radical (unpaired) electrons. The standard InChI is InChI=1S/C13H13ClN2O/c1-16(9-8-15)12(17)13(6-7-13)10-2-4-11(14)5-3-10/h2-5H,6-7,9H2,1H3. The maximum atomic E-state index is 12.2. The fraction of sp³-hybridized carbons (Fsp3) is 0.385. The first-order chi connectivity index (χ1) is 8.10. The Morgan fingerprint density at radius 3 is 2.53 bits per heavy atom. The van der Waals surface area contributed by atoms with E-state index in [2.05, 4.69) is 0 Å². The smallest absolute Gasteiger partial charge is 0.233 e. The fourth-order valence-electron chi connectivity index (χ4n) is 2.06. The summed E-state index contributed by atoms with van der Waals surface area (Å²) in [6.07, 6.45) is 1.70. The molecule has 0 bridgehead atoms. The Morgan fingerprint density at radius 2 is 2.06 bits per heavy atom. The van der Waals surface area contributed by atoms with Crippen LogP contribution in [-0.2, 0) is 10.2 Å². The van der Waals surface area contributed by atoms with E-state index >= 15 is 0 Å². The van der Waals surface area contributed by atoms with Crippen molar-refractivity contribution in [2.75, 3.05) is 13.6 Å². The fourth-order valence-corrected chi connectivity index (χ4v) is 2.19. The number of rotatable bonds is 3. The minimum atomic E-state index is -0.407. The number of likely N-dealkylation sites (N-methyl/N-ethyl adjacent to an activating group) is 1. The normalized spacial score (nSPS) is 16.1. The Morgan fingerprint density at radius 1 is 1.47 bits per heavy atom. The van der Waals surface area contributed by atoms with Gasteiger partial charge in [-0.1, -0.05) is 23.7 Å². The van der Waals surface area contributed by atoms with E-state index in [0.717, 1.165) is 18.4 Å². The summed E-state index contributed by atoms with van der Waals surface area (Å²) in [5.74, 6) is 0.0290. The topological polar surface area (TPSA) is 44.1 Å². The molecule has 1 aromatic carbocycles. The zero-order chi connectivity index (χ0) is 12.5. The van der Waals surface area contributed by atoms with Crippen LogP contribution in [0, 0.1) is 11.3 Å². The Hall–Kier alpha value is -1.53. The Kier molecular flexibility index (Phi) is 3.08. The first kappa shape index (κ1) is 11.9. The molecule has 1 aliphatic carbocycles. The molecule has 0 atom stereocenters. The molecule has 0 spiro atoms. The van der Waals surface area contributed by atoms with Crippen molar-refractivity contribution < 1.29 is 4.79 Å².